The first-order valence-electron chi connectivity index (χ1n) is 11.1. The Morgan fingerprint density at radius 2 is 1.71 bits per heavy atom. The topological polar surface area (TPSA) is 83.6 Å². The van der Waals surface area contributed by atoms with Gasteiger partial charge < -0.3 is 5.32 Å². The highest BCUT2D eigenvalue weighted by molar-refractivity contribution is 7.89. The van der Waals surface area contributed by atoms with Crippen LogP contribution >= 0.6 is 11.6 Å². The number of nitrogens with zero attached hydrogens (tertiary/aromatic N) is 1. The molecule has 1 aliphatic carbocycles. The molecule has 1 aliphatic rings. The summed E-state index contributed by atoms with van der Waals surface area (Å²) in [5.41, 5.74) is -0.985. The monoisotopic (exact) mass is 530 g/mol. The average Bonchev–Trinajstić information content (AvgIpc) is 2.80. The maximum absolute atomic E-state index is 15.0. The van der Waals surface area contributed by atoms with Crippen LogP contribution in [0.1, 0.15) is 55.5 Å². The zero-order valence-corrected chi connectivity index (χ0v) is 20.8. The molecule has 0 aliphatic heterocycles. The first kappa shape index (κ1) is 27.2. The largest absolute Gasteiger partial charge is 0.342 e. The molecule has 3 atom stereocenters. The van der Waals surface area contributed by atoms with Crippen LogP contribution in [0.4, 0.5) is 13.2 Å². The number of carbonyl (C=O) groups is 2. The number of hydrogen-bond acceptors (Lipinski definition) is 4. The lowest BCUT2D eigenvalue weighted by molar-refractivity contribution is -0.118. The molecule has 11 heteroatoms. The van der Waals surface area contributed by atoms with Gasteiger partial charge in [0, 0.05) is 17.1 Å². The molecule has 1 fully saturated rings. The van der Waals surface area contributed by atoms with Crippen LogP contribution in [0.2, 0.25) is 5.02 Å². The number of hydrogen-bond donors (Lipinski definition) is 1. The molecule has 190 valence electrons. The molecule has 3 rings (SSSR count). The Morgan fingerprint density at radius 3 is 2.31 bits per heavy atom. The summed E-state index contributed by atoms with van der Waals surface area (Å²) in [6.07, 6.45) is 0.0835. The molecule has 1 saturated carbocycles. The molecule has 0 heterocycles. The van der Waals surface area contributed by atoms with Gasteiger partial charge in [0.2, 0.25) is 10.0 Å². The second kappa shape index (κ2) is 11.1. The molecular weight excluding hydrogens is 505 g/mol. The fourth-order valence-corrected chi connectivity index (χ4v) is 5.72. The Kier molecular flexibility index (Phi) is 8.61. The molecule has 0 bridgehead atoms. The molecule has 0 radical (unpaired) electrons. The summed E-state index contributed by atoms with van der Waals surface area (Å²) in [4.78, 5) is 23.5. The van der Waals surface area contributed by atoms with Crippen LogP contribution in [0.15, 0.2) is 41.3 Å². The van der Waals surface area contributed by atoms with Crippen molar-refractivity contribution in [3.8, 4) is 0 Å². The van der Waals surface area contributed by atoms with Crippen LogP contribution < -0.4 is 5.32 Å². The van der Waals surface area contributed by atoms with Gasteiger partial charge in [0.1, 0.15) is 6.17 Å². The zero-order valence-electron chi connectivity index (χ0n) is 19.2. The Hall–Kier alpha value is -2.43. The third-order valence-corrected chi connectivity index (χ3v) is 8.27. The van der Waals surface area contributed by atoms with Gasteiger partial charge >= 0.3 is 0 Å². The molecule has 0 aromatic heterocycles. The minimum atomic E-state index is -4.30. The Bertz CT molecular complexity index is 1210. The van der Waals surface area contributed by atoms with Crippen LogP contribution in [0.3, 0.4) is 0 Å². The van der Waals surface area contributed by atoms with Gasteiger partial charge in [-0.05, 0) is 57.0 Å². The quantitative estimate of drug-likeness (QED) is 0.531. The molecule has 2 aromatic carbocycles. The van der Waals surface area contributed by atoms with E-state index >= 15 is 4.39 Å². The van der Waals surface area contributed by atoms with E-state index in [2.05, 4.69) is 5.32 Å². The van der Waals surface area contributed by atoms with Gasteiger partial charge in [-0.25, -0.2) is 21.6 Å². The summed E-state index contributed by atoms with van der Waals surface area (Å²) >= 11 is 5.86. The van der Waals surface area contributed by atoms with Crippen molar-refractivity contribution in [2.45, 2.75) is 69.2 Å². The van der Waals surface area contributed by atoms with Crippen molar-refractivity contribution in [2.24, 2.45) is 0 Å². The molecule has 0 saturated heterocycles. The molecular formula is C24H26ClF3N2O4S. The van der Waals surface area contributed by atoms with E-state index in [0.717, 1.165) is 16.4 Å². The summed E-state index contributed by atoms with van der Waals surface area (Å²) in [7, 11) is -4.30. The van der Waals surface area contributed by atoms with Gasteiger partial charge in [-0.2, -0.15) is 4.31 Å². The fourth-order valence-electron chi connectivity index (χ4n) is 3.94. The lowest BCUT2D eigenvalue weighted by Crippen LogP contribution is -2.46. The molecule has 35 heavy (non-hydrogen) atoms. The number of amides is 1. The molecule has 2 aromatic rings. The average molecular weight is 531 g/mol. The van der Waals surface area contributed by atoms with Crippen molar-refractivity contribution >= 4 is 33.3 Å². The number of nitrogens with one attached hydrogen (secondary N) is 1. The van der Waals surface area contributed by atoms with E-state index < -0.39 is 57.9 Å². The number of alkyl halides is 1. The number of sulfonamides is 1. The second-order valence-electron chi connectivity index (χ2n) is 8.58. The van der Waals surface area contributed by atoms with Gasteiger partial charge in [0.15, 0.2) is 17.4 Å². The number of carbonyl (C=O) groups excluding carboxylic acids is 2. The van der Waals surface area contributed by atoms with Crippen LogP contribution in [-0.4, -0.2) is 42.7 Å². The third kappa shape index (κ3) is 6.05. The minimum Gasteiger partial charge on any atom is -0.342 e. The van der Waals surface area contributed by atoms with E-state index in [4.69, 9.17) is 11.6 Å². The van der Waals surface area contributed by atoms with Gasteiger partial charge in [-0.3, -0.25) is 9.59 Å². The number of halogens is 4. The fraction of sp³-hybridized carbons (Fsp3) is 0.417. The van der Waals surface area contributed by atoms with Crippen molar-refractivity contribution in [2.75, 3.05) is 0 Å². The van der Waals surface area contributed by atoms with Crippen LogP contribution in [-0.2, 0) is 21.4 Å². The summed E-state index contributed by atoms with van der Waals surface area (Å²) < 4.78 is 72.5. The summed E-state index contributed by atoms with van der Waals surface area (Å²) in [6, 6.07) is 5.40. The predicted octanol–water partition coefficient (Wildman–Crippen LogP) is 4.80. The zero-order chi connectivity index (χ0) is 25.9. The minimum absolute atomic E-state index is 0.154. The molecule has 6 nitrogen and oxygen atoms in total. The van der Waals surface area contributed by atoms with Crippen molar-refractivity contribution < 1.29 is 31.2 Å². The van der Waals surface area contributed by atoms with E-state index in [1.165, 1.54) is 38.1 Å². The Morgan fingerprint density at radius 1 is 1.09 bits per heavy atom. The molecule has 1 N–H and O–H groups in total. The third-order valence-electron chi connectivity index (χ3n) is 6.13. The van der Waals surface area contributed by atoms with Crippen molar-refractivity contribution in [3.05, 3.63) is 64.2 Å². The predicted molar refractivity (Wildman–Crippen MR) is 125 cm³/mol. The highest BCUT2D eigenvalue weighted by atomic mass is 35.5. The van der Waals surface area contributed by atoms with Gasteiger partial charge in [0.05, 0.1) is 22.5 Å². The van der Waals surface area contributed by atoms with E-state index in [9.17, 15) is 26.8 Å². The first-order valence-corrected chi connectivity index (χ1v) is 12.9. The summed E-state index contributed by atoms with van der Waals surface area (Å²) in [5, 5.41) is 2.57. The molecule has 2 unspecified atom stereocenters. The van der Waals surface area contributed by atoms with E-state index in [1.54, 1.807) is 0 Å². The van der Waals surface area contributed by atoms with Gasteiger partial charge in [0.25, 0.3) is 5.91 Å². The highest BCUT2D eigenvalue weighted by Crippen LogP contribution is 2.32. The van der Waals surface area contributed by atoms with Gasteiger partial charge in [-0.15, -0.1) is 0 Å². The van der Waals surface area contributed by atoms with E-state index in [0.29, 0.717) is 17.9 Å². The molecule has 0 spiro atoms. The standard InChI is InChI=1S/C24H26ClF3N2O4S/c1-14(15(2)31)29-24(32)19-12-7-16(22(27)23(19)28)13-30(21-6-4-3-5-20(21)26)35(33,34)18-10-8-17(25)9-11-18/h7-12,14,20-21H,3-6,13H2,1-2H3,(H,29,32)/t14-,20?,21?/m1/s1. The molecule has 1 amide bonds. The number of rotatable bonds is 8. The van der Waals surface area contributed by atoms with Crippen LogP contribution in [0.5, 0.6) is 0 Å². The second-order valence-corrected chi connectivity index (χ2v) is 10.9. The number of benzene rings is 2. The SMILES string of the molecule is CC(=O)[C@@H](C)NC(=O)c1ccc(CN(C2CCCCC2F)S(=O)(=O)c2ccc(Cl)cc2)c(F)c1F. The smallest absolute Gasteiger partial charge is 0.254 e. The van der Waals surface area contributed by atoms with Crippen molar-refractivity contribution in [3.63, 3.8) is 0 Å². The van der Waals surface area contributed by atoms with E-state index in [-0.39, 0.29) is 29.1 Å². The van der Waals surface area contributed by atoms with Crippen LogP contribution in [0, 0.1) is 11.6 Å². The maximum atomic E-state index is 15.0. The maximum Gasteiger partial charge on any atom is 0.254 e. The number of ketones is 1. The normalized spacial score (nSPS) is 19.4. The lowest BCUT2D eigenvalue weighted by atomic mass is 9.93. The van der Waals surface area contributed by atoms with Crippen molar-refractivity contribution in [1.29, 1.82) is 0 Å². The van der Waals surface area contributed by atoms with Crippen LogP contribution in [0.25, 0.3) is 0 Å². The first-order chi connectivity index (χ1) is 16.4. The summed E-state index contributed by atoms with van der Waals surface area (Å²) in [6.45, 7) is 2.01. The van der Waals surface area contributed by atoms with Gasteiger partial charge in [-0.1, -0.05) is 30.5 Å². The summed E-state index contributed by atoms with van der Waals surface area (Å²) in [5.74, 6) is -4.26. The lowest BCUT2D eigenvalue weighted by Gasteiger charge is -2.35. The Balaban J connectivity index is 1.98. The number of Topliss-reactive ketones (excluding diaryl/α,β-unsaturated/α-hetero) is 1. The van der Waals surface area contributed by atoms with Crippen molar-refractivity contribution in [1.82, 2.24) is 9.62 Å². The van der Waals surface area contributed by atoms with E-state index in [1.807, 2.05) is 0 Å². The highest BCUT2D eigenvalue weighted by Gasteiger charge is 2.38. The Labute approximate surface area is 207 Å².